The van der Waals surface area contributed by atoms with Crippen molar-refractivity contribution in [3.8, 4) is 0 Å². The number of benzene rings is 1. The van der Waals surface area contributed by atoms with Crippen molar-refractivity contribution in [1.29, 1.82) is 0 Å². The van der Waals surface area contributed by atoms with Gasteiger partial charge in [-0.05, 0) is 19.5 Å². The lowest BCUT2D eigenvalue weighted by Crippen LogP contribution is -2.50. The van der Waals surface area contributed by atoms with Crippen LogP contribution in [0.3, 0.4) is 0 Å². The van der Waals surface area contributed by atoms with Crippen LogP contribution in [0.1, 0.15) is 24.6 Å². The van der Waals surface area contributed by atoms with Crippen LogP contribution in [0.25, 0.3) is 0 Å². The summed E-state index contributed by atoms with van der Waals surface area (Å²) in [5, 5.41) is 0. The van der Waals surface area contributed by atoms with E-state index in [1.807, 2.05) is 40.8 Å². The molecule has 0 saturated carbocycles. The number of amides is 1. The van der Waals surface area contributed by atoms with Crippen LogP contribution < -0.4 is 0 Å². The first-order valence-electron chi connectivity index (χ1n) is 7.68. The smallest absolute Gasteiger partial charge is 0.245 e. The summed E-state index contributed by atoms with van der Waals surface area (Å²) < 4.78 is 1.86. The predicted octanol–water partition coefficient (Wildman–Crippen LogP) is 1.96. The van der Waals surface area contributed by atoms with Crippen LogP contribution >= 0.6 is 0 Å². The lowest BCUT2D eigenvalue weighted by Gasteiger charge is -2.41. The van der Waals surface area contributed by atoms with Crippen LogP contribution in [-0.4, -0.2) is 51.9 Å². The number of carbonyl (C=O) groups excluding carboxylic acids is 1. The van der Waals surface area contributed by atoms with Crippen molar-refractivity contribution in [3.05, 3.63) is 54.6 Å². The Balaban J connectivity index is 1.85. The van der Waals surface area contributed by atoms with Gasteiger partial charge in [0.1, 0.15) is 6.04 Å². The molecule has 5 heteroatoms. The number of hydrogen-bond donors (Lipinski definition) is 0. The molecule has 0 spiro atoms. The molecular weight excluding hydrogens is 276 g/mol. The number of nitrogens with zero attached hydrogens (tertiary/aromatic N) is 4. The zero-order chi connectivity index (χ0) is 15.5. The monoisotopic (exact) mass is 298 g/mol. The van der Waals surface area contributed by atoms with Crippen molar-refractivity contribution in [1.82, 2.24) is 19.4 Å². The summed E-state index contributed by atoms with van der Waals surface area (Å²) in [4.78, 5) is 21.3. The Hall–Kier alpha value is -2.14. The molecule has 5 nitrogen and oxygen atoms in total. The predicted molar refractivity (Wildman–Crippen MR) is 85.3 cm³/mol. The Bertz CT molecular complexity index is 611. The van der Waals surface area contributed by atoms with Gasteiger partial charge in [-0.1, -0.05) is 30.3 Å². The van der Waals surface area contributed by atoms with E-state index >= 15 is 0 Å². The fraction of sp³-hybridized carbons (Fsp3) is 0.412. The second kappa shape index (κ2) is 6.32. The molecule has 0 radical (unpaired) electrons. The van der Waals surface area contributed by atoms with Crippen LogP contribution in [0.5, 0.6) is 0 Å². The van der Waals surface area contributed by atoms with Gasteiger partial charge in [-0.3, -0.25) is 4.79 Å². The van der Waals surface area contributed by atoms with Crippen molar-refractivity contribution in [2.45, 2.75) is 19.0 Å². The van der Waals surface area contributed by atoms with Crippen LogP contribution in [0.4, 0.5) is 0 Å². The van der Waals surface area contributed by atoms with E-state index in [0.717, 1.165) is 19.6 Å². The lowest BCUT2D eigenvalue weighted by atomic mass is 10.0. The quantitative estimate of drug-likeness (QED) is 0.870. The van der Waals surface area contributed by atoms with Gasteiger partial charge in [-0.15, -0.1) is 0 Å². The molecule has 1 amide bonds. The molecule has 1 aromatic heterocycles. The summed E-state index contributed by atoms with van der Waals surface area (Å²) in [5.74, 6) is 0.153. The molecule has 0 bridgehead atoms. The second-order valence-corrected chi connectivity index (χ2v) is 5.91. The van der Waals surface area contributed by atoms with Gasteiger partial charge in [-0.25, -0.2) is 4.98 Å². The number of rotatable bonds is 3. The van der Waals surface area contributed by atoms with Gasteiger partial charge in [0.15, 0.2) is 0 Å². The normalized spacial score (nSPS) is 20.8. The highest BCUT2D eigenvalue weighted by Gasteiger charge is 2.32. The zero-order valence-corrected chi connectivity index (χ0v) is 13.1. The van der Waals surface area contributed by atoms with Gasteiger partial charge >= 0.3 is 0 Å². The van der Waals surface area contributed by atoms with Crippen LogP contribution in [-0.2, 0) is 4.79 Å². The third-order valence-corrected chi connectivity index (χ3v) is 4.38. The molecule has 1 saturated heterocycles. The molecule has 0 aliphatic carbocycles. The number of carbonyl (C=O) groups is 1. The lowest BCUT2D eigenvalue weighted by molar-refractivity contribution is -0.139. The summed E-state index contributed by atoms with van der Waals surface area (Å²) >= 11 is 0. The largest absolute Gasteiger partial charge is 0.331 e. The molecule has 116 valence electrons. The molecule has 3 rings (SSSR count). The highest BCUT2D eigenvalue weighted by atomic mass is 16.2. The van der Waals surface area contributed by atoms with Gasteiger partial charge in [0, 0.05) is 32.0 Å². The first-order chi connectivity index (χ1) is 10.7. The molecule has 1 aliphatic heterocycles. The van der Waals surface area contributed by atoms with E-state index in [0.29, 0.717) is 0 Å². The van der Waals surface area contributed by atoms with Gasteiger partial charge in [-0.2, -0.15) is 0 Å². The Morgan fingerprint density at radius 3 is 2.73 bits per heavy atom. The van der Waals surface area contributed by atoms with E-state index in [2.05, 4.69) is 29.1 Å². The molecule has 22 heavy (non-hydrogen) atoms. The fourth-order valence-corrected chi connectivity index (χ4v) is 3.01. The summed E-state index contributed by atoms with van der Waals surface area (Å²) in [6.07, 6.45) is 5.26. The number of piperazine rings is 1. The molecule has 2 heterocycles. The minimum Gasteiger partial charge on any atom is -0.331 e. The molecule has 1 fully saturated rings. The SMILES string of the molecule is C[C@@H](C(=O)N1CCN(C)C[C@@H]1c1ccccc1)n1ccnc1. The molecule has 2 atom stereocenters. The van der Waals surface area contributed by atoms with Crippen LogP contribution in [0, 0.1) is 0 Å². The van der Waals surface area contributed by atoms with E-state index in [4.69, 9.17) is 0 Å². The molecule has 2 aromatic rings. The van der Waals surface area contributed by atoms with E-state index in [1.54, 1.807) is 12.5 Å². The van der Waals surface area contributed by atoms with E-state index in [-0.39, 0.29) is 18.0 Å². The van der Waals surface area contributed by atoms with Gasteiger partial charge < -0.3 is 14.4 Å². The number of aromatic nitrogens is 2. The summed E-state index contributed by atoms with van der Waals surface area (Å²) in [6.45, 7) is 4.47. The van der Waals surface area contributed by atoms with Gasteiger partial charge in [0.05, 0.1) is 12.4 Å². The van der Waals surface area contributed by atoms with E-state index < -0.39 is 0 Å². The van der Waals surface area contributed by atoms with Crippen LogP contribution in [0.15, 0.2) is 49.1 Å². The zero-order valence-electron chi connectivity index (χ0n) is 13.1. The molecule has 1 aromatic carbocycles. The van der Waals surface area contributed by atoms with Crippen molar-refractivity contribution in [2.75, 3.05) is 26.7 Å². The summed E-state index contributed by atoms with van der Waals surface area (Å²) in [7, 11) is 2.11. The first-order valence-corrected chi connectivity index (χ1v) is 7.68. The Labute approximate surface area is 131 Å². The maximum Gasteiger partial charge on any atom is 0.245 e. The summed E-state index contributed by atoms with van der Waals surface area (Å²) in [6, 6.07) is 10.2. The van der Waals surface area contributed by atoms with Gasteiger partial charge in [0.2, 0.25) is 5.91 Å². The third kappa shape index (κ3) is 2.90. The number of likely N-dealkylation sites (N-methyl/N-ethyl adjacent to an activating group) is 1. The number of hydrogen-bond acceptors (Lipinski definition) is 3. The standard InChI is InChI=1S/C17H22N4O/c1-14(20-9-8-18-13-20)17(22)21-11-10-19(2)12-16(21)15-6-4-3-5-7-15/h3-9,13-14,16H,10-12H2,1-2H3/t14-,16+/m0/s1. The third-order valence-electron chi connectivity index (χ3n) is 4.38. The molecule has 0 unspecified atom stereocenters. The first kappa shape index (κ1) is 14.8. The molecule has 1 aliphatic rings. The highest BCUT2D eigenvalue weighted by Crippen LogP contribution is 2.27. The summed E-state index contributed by atoms with van der Waals surface area (Å²) in [5.41, 5.74) is 1.19. The molecular formula is C17H22N4O. The Kier molecular flexibility index (Phi) is 4.24. The van der Waals surface area contributed by atoms with Gasteiger partial charge in [0.25, 0.3) is 0 Å². The Morgan fingerprint density at radius 1 is 1.27 bits per heavy atom. The minimum absolute atomic E-state index is 0.110. The van der Waals surface area contributed by atoms with Crippen molar-refractivity contribution < 1.29 is 4.79 Å². The van der Waals surface area contributed by atoms with Crippen molar-refractivity contribution >= 4 is 5.91 Å². The maximum atomic E-state index is 12.9. The highest BCUT2D eigenvalue weighted by molar-refractivity contribution is 5.80. The fourth-order valence-electron chi connectivity index (χ4n) is 3.01. The van der Waals surface area contributed by atoms with E-state index in [1.165, 1.54) is 5.56 Å². The van der Waals surface area contributed by atoms with Crippen molar-refractivity contribution in [2.24, 2.45) is 0 Å². The maximum absolute atomic E-state index is 12.9. The van der Waals surface area contributed by atoms with Crippen LogP contribution in [0.2, 0.25) is 0 Å². The number of imidazole rings is 1. The average Bonchev–Trinajstić information content (AvgIpc) is 3.09. The van der Waals surface area contributed by atoms with Crippen molar-refractivity contribution in [3.63, 3.8) is 0 Å². The second-order valence-electron chi connectivity index (χ2n) is 5.91. The Morgan fingerprint density at radius 2 is 2.05 bits per heavy atom. The minimum atomic E-state index is -0.225. The topological polar surface area (TPSA) is 41.4 Å². The van der Waals surface area contributed by atoms with E-state index in [9.17, 15) is 4.79 Å². The average molecular weight is 298 g/mol. The molecule has 0 N–H and O–H groups in total.